The van der Waals surface area contributed by atoms with Crippen LogP contribution in [0.2, 0.25) is 0 Å². The zero-order valence-electron chi connectivity index (χ0n) is 12.0. The van der Waals surface area contributed by atoms with E-state index in [9.17, 15) is 4.79 Å². The Morgan fingerprint density at radius 2 is 2.00 bits per heavy atom. The maximum absolute atomic E-state index is 12.6. The minimum Gasteiger partial charge on any atom is -0.309 e. The van der Waals surface area contributed by atoms with Gasteiger partial charge in [-0.15, -0.1) is 0 Å². The van der Waals surface area contributed by atoms with Crippen molar-refractivity contribution in [3.8, 4) is 0 Å². The third-order valence-electron chi connectivity index (χ3n) is 3.66. The molecule has 0 radical (unpaired) electrons. The van der Waals surface area contributed by atoms with Gasteiger partial charge < -0.3 is 4.57 Å². The molecule has 3 rings (SSSR count). The van der Waals surface area contributed by atoms with Gasteiger partial charge in [-0.05, 0) is 47.3 Å². The normalized spacial score (nSPS) is 11.2. The molecule has 0 atom stereocenters. The third kappa shape index (κ3) is 2.42. The first kappa shape index (κ1) is 14.1. The first-order valence-electron chi connectivity index (χ1n) is 6.91. The maximum atomic E-state index is 12.6. The topological polar surface area (TPSA) is 39.8 Å². The zero-order valence-corrected chi connectivity index (χ0v) is 13.6. The number of nitrogens with zero attached hydrogens (tertiary/aromatic N) is 3. The molecule has 1 aromatic carbocycles. The van der Waals surface area contributed by atoms with E-state index in [4.69, 9.17) is 0 Å². The molecule has 2 aromatic heterocycles. The van der Waals surface area contributed by atoms with Crippen LogP contribution in [-0.2, 0) is 13.1 Å². The molecule has 0 aliphatic rings. The van der Waals surface area contributed by atoms with Crippen LogP contribution in [-0.4, -0.2) is 14.3 Å². The lowest BCUT2D eigenvalue weighted by atomic mass is 10.2. The van der Waals surface area contributed by atoms with E-state index in [1.165, 1.54) is 0 Å². The van der Waals surface area contributed by atoms with Crippen LogP contribution >= 0.6 is 15.9 Å². The largest absolute Gasteiger partial charge is 0.309 e. The number of hydrogen-bond donors (Lipinski definition) is 0. The average Bonchev–Trinajstić information content (AvgIpc) is 2.78. The first-order valence-corrected chi connectivity index (χ1v) is 7.71. The molecule has 0 bridgehead atoms. The Morgan fingerprint density at radius 3 is 2.76 bits per heavy atom. The van der Waals surface area contributed by atoms with E-state index in [0.29, 0.717) is 6.54 Å². The van der Waals surface area contributed by atoms with Crippen LogP contribution in [0.15, 0.2) is 45.8 Å². The predicted octanol–water partition coefficient (Wildman–Crippen LogP) is 3.34. The Kier molecular flexibility index (Phi) is 3.68. The molecule has 4 nitrogen and oxygen atoms in total. The van der Waals surface area contributed by atoms with Gasteiger partial charge in [0.25, 0.3) is 5.56 Å². The minimum absolute atomic E-state index is 0.0292. The standard InChI is InChI=1S/C16H16BrN3O/c1-3-20-14(15(17)11(2)18-20)10-19-9-8-12-6-4-5-7-13(12)16(19)21/h4-9H,3,10H2,1-2H3. The smallest absolute Gasteiger partial charge is 0.258 e. The van der Waals surface area contributed by atoms with Crippen LogP contribution in [0.25, 0.3) is 10.8 Å². The van der Waals surface area contributed by atoms with E-state index >= 15 is 0 Å². The van der Waals surface area contributed by atoms with Crippen molar-refractivity contribution in [2.24, 2.45) is 0 Å². The summed E-state index contributed by atoms with van der Waals surface area (Å²) in [5.41, 5.74) is 1.99. The fourth-order valence-electron chi connectivity index (χ4n) is 2.54. The molecule has 108 valence electrons. The number of benzene rings is 1. The first-order chi connectivity index (χ1) is 10.1. The van der Waals surface area contributed by atoms with Crippen molar-refractivity contribution in [1.82, 2.24) is 14.3 Å². The molecular weight excluding hydrogens is 330 g/mol. The lowest BCUT2D eigenvalue weighted by molar-refractivity contribution is 0.592. The lowest BCUT2D eigenvalue weighted by Gasteiger charge is -2.09. The fourth-order valence-corrected chi connectivity index (χ4v) is 2.95. The molecular formula is C16H16BrN3O. The minimum atomic E-state index is 0.0292. The van der Waals surface area contributed by atoms with Gasteiger partial charge in [-0.1, -0.05) is 18.2 Å². The molecule has 0 fully saturated rings. The van der Waals surface area contributed by atoms with E-state index in [-0.39, 0.29) is 5.56 Å². The van der Waals surface area contributed by atoms with Crippen molar-refractivity contribution < 1.29 is 0 Å². The second-order valence-electron chi connectivity index (χ2n) is 5.00. The number of pyridine rings is 1. The number of aromatic nitrogens is 3. The Bertz CT molecular complexity index is 864. The number of aryl methyl sites for hydroxylation is 2. The van der Waals surface area contributed by atoms with E-state index in [1.54, 1.807) is 4.57 Å². The SMILES string of the molecule is CCn1nc(C)c(Br)c1Cn1ccc2ccccc2c1=O. The molecule has 2 heterocycles. The molecule has 3 aromatic rings. The lowest BCUT2D eigenvalue weighted by Crippen LogP contribution is -2.21. The highest BCUT2D eigenvalue weighted by molar-refractivity contribution is 9.10. The summed E-state index contributed by atoms with van der Waals surface area (Å²) in [4.78, 5) is 12.6. The van der Waals surface area contributed by atoms with Crippen molar-refractivity contribution in [2.75, 3.05) is 0 Å². The molecule has 0 amide bonds. The highest BCUT2D eigenvalue weighted by atomic mass is 79.9. The summed E-state index contributed by atoms with van der Waals surface area (Å²) < 4.78 is 4.64. The van der Waals surface area contributed by atoms with Gasteiger partial charge in [0.1, 0.15) is 0 Å². The van der Waals surface area contributed by atoms with Crippen LogP contribution in [0.1, 0.15) is 18.3 Å². The molecule has 0 saturated carbocycles. The van der Waals surface area contributed by atoms with Crippen molar-refractivity contribution >= 4 is 26.7 Å². The second kappa shape index (κ2) is 5.48. The monoisotopic (exact) mass is 345 g/mol. The van der Waals surface area contributed by atoms with Crippen LogP contribution < -0.4 is 5.56 Å². The molecule has 5 heteroatoms. The van der Waals surface area contributed by atoms with Crippen molar-refractivity contribution in [2.45, 2.75) is 26.9 Å². The number of fused-ring (bicyclic) bond motifs is 1. The predicted molar refractivity (Wildman–Crippen MR) is 87.6 cm³/mol. The van der Waals surface area contributed by atoms with Crippen LogP contribution in [0.5, 0.6) is 0 Å². The van der Waals surface area contributed by atoms with Gasteiger partial charge >= 0.3 is 0 Å². The van der Waals surface area contributed by atoms with Gasteiger partial charge in [0, 0.05) is 18.1 Å². The van der Waals surface area contributed by atoms with Crippen LogP contribution in [0, 0.1) is 6.92 Å². The van der Waals surface area contributed by atoms with Gasteiger partial charge in [0.2, 0.25) is 0 Å². The Hall–Kier alpha value is -1.88. The van der Waals surface area contributed by atoms with Gasteiger partial charge in [0.05, 0.1) is 22.4 Å². The van der Waals surface area contributed by atoms with E-state index in [0.717, 1.165) is 33.2 Å². The summed E-state index contributed by atoms with van der Waals surface area (Å²) in [6.45, 7) is 5.30. The van der Waals surface area contributed by atoms with Crippen LogP contribution in [0.4, 0.5) is 0 Å². The summed E-state index contributed by atoms with van der Waals surface area (Å²) in [6, 6.07) is 9.63. The van der Waals surface area contributed by atoms with Crippen molar-refractivity contribution in [3.63, 3.8) is 0 Å². The Morgan fingerprint density at radius 1 is 1.24 bits per heavy atom. The summed E-state index contributed by atoms with van der Waals surface area (Å²) in [5, 5.41) is 6.19. The van der Waals surface area contributed by atoms with Gasteiger partial charge in [-0.25, -0.2) is 0 Å². The Balaban J connectivity index is 2.11. The molecule has 0 aliphatic heterocycles. The second-order valence-corrected chi connectivity index (χ2v) is 5.79. The Labute approximate surface area is 131 Å². The van der Waals surface area contributed by atoms with Crippen molar-refractivity contribution in [3.05, 3.63) is 62.7 Å². The summed E-state index contributed by atoms with van der Waals surface area (Å²) in [7, 11) is 0. The van der Waals surface area contributed by atoms with E-state index < -0.39 is 0 Å². The molecule has 0 unspecified atom stereocenters. The van der Waals surface area contributed by atoms with E-state index in [2.05, 4.69) is 21.0 Å². The zero-order chi connectivity index (χ0) is 15.0. The highest BCUT2D eigenvalue weighted by Crippen LogP contribution is 2.21. The average molecular weight is 346 g/mol. The third-order valence-corrected chi connectivity index (χ3v) is 4.69. The van der Waals surface area contributed by atoms with Gasteiger partial charge in [-0.3, -0.25) is 9.48 Å². The van der Waals surface area contributed by atoms with Crippen molar-refractivity contribution in [1.29, 1.82) is 0 Å². The molecule has 21 heavy (non-hydrogen) atoms. The van der Waals surface area contributed by atoms with E-state index in [1.807, 2.05) is 55.1 Å². The van der Waals surface area contributed by atoms with Gasteiger partial charge in [0.15, 0.2) is 0 Å². The quantitative estimate of drug-likeness (QED) is 0.730. The fraction of sp³-hybridized carbons (Fsp3) is 0.250. The number of rotatable bonds is 3. The summed E-state index contributed by atoms with van der Waals surface area (Å²) in [5.74, 6) is 0. The molecule has 0 aliphatic carbocycles. The summed E-state index contributed by atoms with van der Waals surface area (Å²) in [6.07, 6.45) is 1.85. The van der Waals surface area contributed by atoms with Crippen LogP contribution in [0.3, 0.4) is 0 Å². The summed E-state index contributed by atoms with van der Waals surface area (Å²) >= 11 is 3.57. The van der Waals surface area contributed by atoms with Gasteiger partial charge in [-0.2, -0.15) is 5.10 Å². The molecule has 0 spiro atoms. The highest BCUT2D eigenvalue weighted by Gasteiger charge is 2.13. The molecule has 0 N–H and O–H groups in total. The number of halogens is 1. The number of hydrogen-bond acceptors (Lipinski definition) is 2. The molecule has 0 saturated heterocycles. The maximum Gasteiger partial charge on any atom is 0.258 e.